The van der Waals surface area contributed by atoms with Crippen LogP contribution in [0, 0.1) is 25.6 Å². The summed E-state index contributed by atoms with van der Waals surface area (Å²) >= 11 is 0. The predicted octanol–water partition coefficient (Wildman–Crippen LogP) is 2.91. The Labute approximate surface area is 114 Å². The topological polar surface area (TPSA) is 46.2 Å². The van der Waals surface area contributed by atoms with Crippen molar-refractivity contribution in [3.8, 4) is 0 Å². The van der Waals surface area contributed by atoms with E-state index < -0.39 is 15.8 Å². The molecular formula is C14H20FNO2S. The highest BCUT2D eigenvalue weighted by Gasteiger charge is 2.39. The fraction of sp³-hybridized carbons (Fsp3) is 0.571. The van der Waals surface area contributed by atoms with Crippen LogP contribution in [-0.4, -0.2) is 14.5 Å². The number of benzene rings is 1. The van der Waals surface area contributed by atoms with Gasteiger partial charge in [-0.05, 0) is 55.9 Å². The molecular weight excluding hydrogens is 265 g/mol. The molecule has 2 unspecified atom stereocenters. The van der Waals surface area contributed by atoms with Gasteiger partial charge < -0.3 is 0 Å². The van der Waals surface area contributed by atoms with Crippen molar-refractivity contribution in [3.63, 3.8) is 0 Å². The monoisotopic (exact) mass is 285 g/mol. The largest absolute Gasteiger partial charge is 0.241 e. The maximum Gasteiger partial charge on any atom is 0.241 e. The van der Waals surface area contributed by atoms with E-state index in [1.807, 2.05) is 0 Å². The summed E-state index contributed by atoms with van der Waals surface area (Å²) in [6.45, 7) is 5.35. The van der Waals surface area contributed by atoms with Gasteiger partial charge in [-0.2, -0.15) is 0 Å². The van der Waals surface area contributed by atoms with Crippen molar-refractivity contribution in [1.82, 2.24) is 4.72 Å². The molecule has 0 aromatic heterocycles. The van der Waals surface area contributed by atoms with Gasteiger partial charge in [-0.15, -0.1) is 0 Å². The van der Waals surface area contributed by atoms with Crippen LogP contribution in [0.25, 0.3) is 0 Å². The summed E-state index contributed by atoms with van der Waals surface area (Å²) < 4.78 is 40.7. The second-order valence-electron chi connectivity index (χ2n) is 5.38. The number of nitrogens with one attached hydrogen (secondary N) is 1. The van der Waals surface area contributed by atoms with Crippen LogP contribution in [0.2, 0.25) is 0 Å². The molecule has 1 saturated carbocycles. The molecule has 0 aliphatic heterocycles. The molecule has 0 amide bonds. The molecule has 1 aliphatic rings. The van der Waals surface area contributed by atoms with Gasteiger partial charge in [0.2, 0.25) is 10.0 Å². The van der Waals surface area contributed by atoms with E-state index in [9.17, 15) is 12.8 Å². The van der Waals surface area contributed by atoms with E-state index in [0.29, 0.717) is 17.0 Å². The summed E-state index contributed by atoms with van der Waals surface area (Å²) in [7, 11) is -3.54. The van der Waals surface area contributed by atoms with E-state index in [2.05, 4.69) is 11.6 Å². The number of aryl methyl sites for hydroxylation is 2. The second-order valence-corrected chi connectivity index (χ2v) is 7.03. The lowest BCUT2D eigenvalue weighted by molar-refractivity contribution is 0.570. The Hall–Kier alpha value is -0.940. The Kier molecular flexibility index (Phi) is 3.97. The molecule has 2 atom stereocenters. The maximum absolute atomic E-state index is 13.2. The molecule has 0 bridgehead atoms. The van der Waals surface area contributed by atoms with Crippen LogP contribution in [0.1, 0.15) is 37.3 Å². The lowest BCUT2D eigenvalue weighted by atomic mass is 10.1. The minimum Gasteiger partial charge on any atom is -0.208 e. The zero-order valence-corrected chi connectivity index (χ0v) is 12.3. The molecule has 1 fully saturated rings. The summed E-state index contributed by atoms with van der Waals surface area (Å²) in [4.78, 5) is 0.219. The van der Waals surface area contributed by atoms with Gasteiger partial charge in [-0.3, -0.25) is 0 Å². The molecule has 0 heterocycles. The van der Waals surface area contributed by atoms with Crippen molar-refractivity contribution < 1.29 is 12.8 Å². The SMILES string of the molecule is CCCC1CC1NS(=O)(=O)c1c(C)cc(F)cc1C. The molecule has 0 saturated heterocycles. The van der Waals surface area contributed by atoms with Gasteiger partial charge in [-0.1, -0.05) is 13.3 Å². The molecule has 106 valence electrons. The fourth-order valence-corrected chi connectivity index (χ4v) is 4.43. The predicted molar refractivity (Wildman–Crippen MR) is 73.0 cm³/mol. The van der Waals surface area contributed by atoms with Gasteiger partial charge in [0, 0.05) is 6.04 Å². The van der Waals surface area contributed by atoms with Gasteiger partial charge >= 0.3 is 0 Å². The third-order valence-corrected chi connectivity index (χ3v) is 5.38. The molecule has 0 spiro atoms. The van der Waals surface area contributed by atoms with Crippen molar-refractivity contribution in [1.29, 1.82) is 0 Å². The van der Waals surface area contributed by atoms with Gasteiger partial charge in [0.1, 0.15) is 5.82 Å². The van der Waals surface area contributed by atoms with E-state index in [1.165, 1.54) is 12.1 Å². The third kappa shape index (κ3) is 3.15. The number of hydrogen-bond donors (Lipinski definition) is 1. The third-order valence-electron chi connectivity index (χ3n) is 3.58. The highest BCUT2D eigenvalue weighted by atomic mass is 32.2. The van der Waals surface area contributed by atoms with Crippen LogP contribution in [-0.2, 0) is 10.0 Å². The van der Waals surface area contributed by atoms with E-state index >= 15 is 0 Å². The van der Waals surface area contributed by atoms with Crippen LogP contribution in [0.3, 0.4) is 0 Å². The quantitative estimate of drug-likeness (QED) is 0.904. The highest BCUT2D eigenvalue weighted by Crippen LogP contribution is 2.36. The molecule has 1 N–H and O–H groups in total. The summed E-state index contributed by atoms with van der Waals surface area (Å²) in [5, 5.41) is 0. The molecule has 1 aromatic carbocycles. The zero-order valence-electron chi connectivity index (χ0n) is 11.5. The summed E-state index contributed by atoms with van der Waals surface area (Å²) in [5.74, 6) is 0.0602. The van der Waals surface area contributed by atoms with E-state index in [0.717, 1.165) is 19.3 Å². The van der Waals surface area contributed by atoms with E-state index in [1.54, 1.807) is 13.8 Å². The Morgan fingerprint density at radius 2 is 1.89 bits per heavy atom. The van der Waals surface area contributed by atoms with Crippen molar-refractivity contribution in [3.05, 3.63) is 29.1 Å². The Bertz CT molecular complexity index is 560. The van der Waals surface area contributed by atoms with E-state index in [-0.39, 0.29) is 10.9 Å². The lowest BCUT2D eigenvalue weighted by Crippen LogP contribution is -2.28. The molecule has 19 heavy (non-hydrogen) atoms. The van der Waals surface area contributed by atoms with Crippen molar-refractivity contribution in [2.75, 3.05) is 0 Å². The number of rotatable bonds is 5. The van der Waals surface area contributed by atoms with Gasteiger partial charge in [0.25, 0.3) is 0 Å². The summed E-state index contributed by atoms with van der Waals surface area (Å²) in [5.41, 5.74) is 0.912. The molecule has 5 heteroatoms. The lowest BCUT2D eigenvalue weighted by Gasteiger charge is -2.12. The first kappa shape index (κ1) is 14.5. The average Bonchev–Trinajstić information content (AvgIpc) is 2.93. The average molecular weight is 285 g/mol. The summed E-state index contributed by atoms with van der Waals surface area (Å²) in [6.07, 6.45) is 3.03. The van der Waals surface area contributed by atoms with Crippen LogP contribution >= 0.6 is 0 Å². The minimum atomic E-state index is -3.54. The first-order chi connectivity index (χ1) is 8.85. The minimum absolute atomic E-state index is 0.0498. The van der Waals surface area contributed by atoms with Crippen molar-refractivity contribution in [2.45, 2.75) is 51.0 Å². The van der Waals surface area contributed by atoms with Gasteiger partial charge in [0.15, 0.2) is 0 Å². The highest BCUT2D eigenvalue weighted by molar-refractivity contribution is 7.89. The van der Waals surface area contributed by atoms with Crippen molar-refractivity contribution in [2.24, 2.45) is 5.92 Å². The second kappa shape index (κ2) is 5.21. The van der Waals surface area contributed by atoms with Gasteiger partial charge in [-0.25, -0.2) is 17.5 Å². The number of sulfonamides is 1. The molecule has 0 radical (unpaired) electrons. The first-order valence-electron chi connectivity index (χ1n) is 6.64. The first-order valence-corrected chi connectivity index (χ1v) is 8.12. The smallest absolute Gasteiger partial charge is 0.208 e. The Balaban J connectivity index is 2.21. The number of hydrogen-bond acceptors (Lipinski definition) is 2. The zero-order chi connectivity index (χ0) is 14.2. The Morgan fingerprint density at radius 3 is 2.42 bits per heavy atom. The van der Waals surface area contributed by atoms with E-state index in [4.69, 9.17) is 0 Å². The maximum atomic E-state index is 13.2. The molecule has 1 aromatic rings. The molecule has 2 rings (SSSR count). The van der Waals surface area contributed by atoms with Crippen LogP contribution < -0.4 is 4.72 Å². The van der Waals surface area contributed by atoms with Crippen LogP contribution in [0.15, 0.2) is 17.0 Å². The van der Waals surface area contributed by atoms with Crippen LogP contribution in [0.4, 0.5) is 4.39 Å². The van der Waals surface area contributed by atoms with Gasteiger partial charge in [0.05, 0.1) is 4.90 Å². The molecule has 1 aliphatic carbocycles. The summed E-state index contributed by atoms with van der Waals surface area (Å²) in [6, 6.07) is 2.57. The standard InChI is InChI=1S/C14H20FNO2S/c1-4-5-11-8-13(11)16-19(17,18)14-9(2)6-12(15)7-10(14)3/h6-7,11,13,16H,4-5,8H2,1-3H3. The normalized spacial score (nSPS) is 22.5. The Morgan fingerprint density at radius 1 is 1.32 bits per heavy atom. The van der Waals surface area contributed by atoms with Crippen LogP contribution in [0.5, 0.6) is 0 Å². The number of halogens is 1. The van der Waals surface area contributed by atoms with Crippen molar-refractivity contribution >= 4 is 10.0 Å². The molecule has 3 nitrogen and oxygen atoms in total. The fourth-order valence-electron chi connectivity index (χ4n) is 2.66.